The van der Waals surface area contributed by atoms with Gasteiger partial charge in [0.1, 0.15) is 69.4 Å². The van der Waals surface area contributed by atoms with Crippen LogP contribution in [0.3, 0.4) is 0 Å². The van der Waals surface area contributed by atoms with Gasteiger partial charge in [-0.05, 0) is 189 Å². The number of halogens is 24. The number of carbonyl (C=O) groups is 6. The number of hydrogen-bond acceptors (Lipinski definition) is 17. The van der Waals surface area contributed by atoms with Gasteiger partial charge in [0, 0.05) is 75.2 Å². The number of nitrogens with one attached hydrogen (secondary N) is 7. The number of esters is 2. The van der Waals surface area contributed by atoms with Crippen LogP contribution in [0.4, 0.5) is 107 Å². The van der Waals surface area contributed by atoms with Crippen molar-refractivity contribution in [1.82, 2.24) is 57.1 Å². The van der Waals surface area contributed by atoms with Crippen LogP contribution in [0.25, 0.3) is 0 Å². The number of amidine groups is 1. The van der Waals surface area contributed by atoms with Gasteiger partial charge >= 0.3 is 91.4 Å². The van der Waals surface area contributed by atoms with E-state index in [2.05, 4.69) is 60.2 Å². The van der Waals surface area contributed by atoms with Crippen LogP contribution < -0.4 is 51.4 Å². The number of ether oxygens (including phenoxy) is 5. The smallest absolute Gasteiger partial charge is 0.461 e. The Bertz CT molecular complexity index is 5620. The van der Waals surface area contributed by atoms with Gasteiger partial charge in [-0.1, -0.05) is 126 Å². The van der Waals surface area contributed by atoms with Crippen LogP contribution in [-0.4, -0.2) is 192 Å². The van der Waals surface area contributed by atoms with Crippen LogP contribution in [0, 0.1) is 17.5 Å². The van der Waals surface area contributed by atoms with Crippen molar-refractivity contribution in [2.75, 3.05) is 33.7 Å². The van der Waals surface area contributed by atoms with Crippen LogP contribution in [0.15, 0.2) is 206 Å². The Morgan fingerprint density at radius 3 is 0.979 bits per heavy atom. The second kappa shape index (κ2) is 51.0. The van der Waals surface area contributed by atoms with Gasteiger partial charge < -0.3 is 76.0 Å². The molecule has 9 aromatic rings. The fraction of sp³-hybridized carbons (Fsp3) is 0.370. The second-order valence-electron chi connectivity index (χ2n) is 31.7. The summed E-state index contributed by atoms with van der Waals surface area (Å²) in [4.78, 5) is 94.2. The number of benzene rings is 6. The zero-order valence-corrected chi connectivity index (χ0v) is 78.1. The molecule has 0 spiro atoms. The molecule has 9 N–H and O–H groups in total. The number of aromatic nitrogens is 3. The molecule has 3 aromatic heterocycles. The van der Waals surface area contributed by atoms with Crippen molar-refractivity contribution < 1.29 is 155 Å². The van der Waals surface area contributed by atoms with Crippen molar-refractivity contribution in [1.29, 1.82) is 0 Å². The third-order valence-corrected chi connectivity index (χ3v) is 20.1. The minimum absolute atomic E-state index is 0.0864. The van der Waals surface area contributed by atoms with Crippen LogP contribution >= 0.6 is 34.8 Å². The minimum atomic E-state index is -5.03. The average molecular weight is 2080 g/mol. The number of hydrogen-bond donors (Lipinski definition) is 9. The number of aliphatic hydroxyl groups is 1. The van der Waals surface area contributed by atoms with Gasteiger partial charge in [-0.2, -0.15) is 79.0 Å². The monoisotopic (exact) mass is 2080 g/mol. The zero-order chi connectivity index (χ0) is 106. The van der Waals surface area contributed by atoms with Gasteiger partial charge in [-0.3, -0.25) is 15.0 Å². The van der Waals surface area contributed by atoms with Crippen molar-refractivity contribution in [3.8, 4) is 17.2 Å². The summed E-state index contributed by atoms with van der Waals surface area (Å²) in [7, 11) is 3.67. The van der Waals surface area contributed by atoms with Crippen LogP contribution in [0.5, 0.6) is 17.2 Å². The quantitative estimate of drug-likeness (QED) is 0.00568. The number of amides is 6. The molecule has 9 rings (SSSR count). The number of pyridine rings is 3. The van der Waals surface area contributed by atoms with Crippen LogP contribution in [0.2, 0.25) is 15.1 Å². The lowest BCUT2D eigenvalue weighted by molar-refractivity contribution is -0.253. The molecular weight excluding hydrogens is 1990 g/mol. The normalized spacial score (nSPS) is 14.0. The Balaban J connectivity index is 0.000000320. The molecule has 6 atom stereocenters. The number of aliphatic carboxylic acids is 1. The fourth-order valence-electron chi connectivity index (χ4n) is 12.7. The molecule has 25 nitrogen and oxygen atoms in total. The molecule has 49 heteroatoms. The molecule has 0 aliphatic heterocycles. The zero-order valence-electron chi connectivity index (χ0n) is 75.8. The van der Waals surface area contributed by atoms with Crippen LogP contribution in [-0.2, 0) is 59.7 Å². The van der Waals surface area contributed by atoms with E-state index in [4.69, 9.17) is 49.8 Å². The Morgan fingerprint density at radius 2 is 0.723 bits per heavy atom. The highest BCUT2D eigenvalue weighted by Gasteiger charge is 2.54. The summed E-state index contributed by atoms with van der Waals surface area (Å²) in [5, 5.41) is 32.9. The molecule has 768 valence electrons. The van der Waals surface area contributed by atoms with Gasteiger partial charge in [0.15, 0.2) is 0 Å². The van der Waals surface area contributed by atoms with Crippen molar-refractivity contribution in [2.24, 2.45) is 4.99 Å². The molecule has 6 aromatic carbocycles. The van der Waals surface area contributed by atoms with E-state index in [1.807, 2.05) is 29.6 Å². The SMILES string of the molecule is CC(C)O.CC(C)OC(=O)C(F)(F)C(C)NC(=O)N[C@@](Cc1ccccc1)(c1cc(F)cc(OC(F)(F)C(F)F)c1)c1ccc(Cl)cn1.CC(NC(=O)N[C@@](Cc1ccccc1)(c1cc(F)cc(OC(F)(F)C(F)F)c1)c1ccc(Cl)cn1)C(F)(F)C(=O)O.CCNC(=NCCCN(C)C)OC(=O)C(F)(F)C(C)NC(=O)N[C@@](Cc1ccccc1)(c1cc(F)cc(OC(F)(F)C(F)F)c1)c1ccc(Cl)cn1. The molecule has 3 unspecified atom stereocenters. The minimum Gasteiger partial charge on any atom is -0.477 e. The first-order valence-electron chi connectivity index (χ1n) is 41.8. The summed E-state index contributed by atoms with van der Waals surface area (Å²) in [6, 6.07) is 26.6. The molecule has 0 aliphatic carbocycles. The molecule has 0 fully saturated rings. The highest BCUT2D eigenvalue weighted by atomic mass is 35.5. The molecule has 6 amide bonds. The molecule has 0 saturated carbocycles. The Kier molecular flexibility index (Phi) is 42.3. The highest BCUT2D eigenvalue weighted by molar-refractivity contribution is 6.31. The van der Waals surface area contributed by atoms with E-state index < -0.39 is 173 Å². The van der Waals surface area contributed by atoms with Crippen molar-refractivity contribution in [2.45, 2.75) is 183 Å². The number of aliphatic hydroxyl groups excluding tert-OH is 1. The summed E-state index contributed by atoms with van der Waals surface area (Å²) < 4.78 is 315. The molecule has 141 heavy (non-hydrogen) atoms. The maximum Gasteiger partial charge on any atom is 0.461 e. The van der Waals surface area contributed by atoms with Gasteiger partial charge in [0.2, 0.25) is 0 Å². The number of carboxylic acids is 1. The largest absolute Gasteiger partial charge is 0.477 e. The maximum atomic E-state index is 15.4. The van der Waals surface area contributed by atoms with E-state index >= 15 is 13.2 Å². The number of urea groups is 3. The van der Waals surface area contributed by atoms with Crippen LogP contribution in [0.1, 0.15) is 112 Å². The Labute approximate surface area is 808 Å². The topological polar surface area (TPSA) is 328 Å². The molecule has 0 radical (unpaired) electrons. The maximum absolute atomic E-state index is 15.4. The summed E-state index contributed by atoms with van der Waals surface area (Å²) in [6.45, 7) is 11.1. The van der Waals surface area contributed by atoms with E-state index in [0.29, 0.717) is 54.8 Å². The summed E-state index contributed by atoms with van der Waals surface area (Å²) >= 11 is 18.0. The standard InChI is InChI=1S/C34H38ClF7N6O4.C29H27ClF7N3O4.C26H21ClF7N3O4.C3H8O/c1-5-43-31(44-14-9-15-48(3)4)51-29(49)33(39,40)21(2)46-30(50)47-32(19-22-10-7-6-8-11-22,27-13-12-24(35)20-45-27)23-16-25(36)18-26(17-23)52-34(41,42)28(37)38;1-16(2)43-25(41)28(34,35)17(3)39-26(42)40-27(14-18-7-5-4-6-8-18,23-10-9-20(30)15-38-23)19-11-21(31)13-22(12-19)44-29(36,37)24(32)33;1-14(25(31,32)22(38)39)36-23(40)37-24(12-15-5-3-2-4-6-15,20-8-7-17(27)13-35-20)16-9-18(28)11-19(10-16)41-26(33,34)21(29)30;1-3(2)4/h6-8,10-13,16-18,20-21,28H,5,9,14-15,19H2,1-4H3,(H,43,44)(H2,46,47,50);4-13,15-17,24H,14H2,1-3H3,(H2,39,40,42);2-11,13-14,21H,12H2,1H3,(H,38,39)(H2,36,37,40);3-4H,1-2H3/t21?,32-;17?,27-;14?,24-;/m000./s1. The second-order valence-corrected chi connectivity index (χ2v) is 33.0. The molecule has 3 heterocycles. The van der Waals surface area contributed by atoms with E-state index in [1.54, 1.807) is 117 Å². The van der Waals surface area contributed by atoms with Gasteiger partial charge in [-0.25, -0.2) is 46.9 Å². The molecule has 0 aliphatic rings. The van der Waals surface area contributed by atoms with Gasteiger partial charge in [-0.15, -0.1) is 0 Å². The molecule has 0 bridgehead atoms. The number of carbonyl (C=O) groups excluding carboxylic acids is 5. The van der Waals surface area contributed by atoms with E-state index in [9.17, 15) is 108 Å². The molecular formula is C92H94Cl3F21N12O13. The van der Waals surface area contributed by atoms with Crippen molar-refractivity contribution >= 4 is 76.8 Å². The number of aliphatic imine (C=N–C) groups is 1. The highest BCUT2D eigenvalue weighted by Crippen LogP contribution is 2.43. The summed E-state index contributed by atoms with van der Waals surface area (Å²) in [5.74, 6) is -26.2. The third kappa shape index (κ3) is 34.0. The van der Waals surface area contributed by atoms with Crippen molar-refractivity contribution in [3.63, 3.8) is 0 Å². The lowest BCUT2D eigenvalue weighted by Crippen LogP contribution is -2.58. The predicted octanol–water partition coefficient (Wildman–Crippen LogP) is 19.6. The predicted molar refractivity (Wildman–Crippen MR) is 474 cm³/mol. The summed E-state index contributed by atoms with van der Waals surface area (Å²) in [5.41, 5.74) is -6.28. The van der Waals surface area contributed by atoms with Crippen molar-refractivity contribution in [3.05, 3.63) is 284 Å². The summed E-state index contributed by atoms with van der Waals surface area (Å²) in [6.07, 6.45) is -25.9. The van der Waals surface area contributed by atoms with Gasteiger partial charge in [0.25, 0.3) is 6.02 Å². The first-order chi connectivity index (χ1) is 65.6. The number of nitrogens with zero attached hydrogens (tertiary/aromatic N) is 5. The first kappa shape index (κ1) is 117. The third-order valence-electron chi connectivity index (χ3n) is 19.4. The Hall–Kier alpha value is -12.8. The number of alkyl halides is 18. The van der Waals surface area contributed by atoms with E-state index in [0.717, 1.165) is 68.8 Å². The average Bonchev–Trinajstić information content (AvgIpc) is 0.763. The lowest BCUT2D eigenvalue weighted by atomic mass is 9.80. The fourth-order valence-corrected chi connectivity index (χ4v) is 13.1. The van der Waals surface area contributed by atoms with E-state index in [-0.39, 0.29) is 87.3 Å². The van der Waals surface area contributed by atoms with Gasteiger partial charge in [0.05, 0.1) is 38.3 Å². The number of carboxylic acid groups (broad SMARTS) is 1. The molecule has 0 saturated heterocycles. The number of rotatable bonds is 39. The Morgan fingerprint density at radius 1 is 0.433 bits per heavy atom. The lowest BCUT2D eigenvalue weighted by Gasteiger charge is -2.36. The first-order valence-corrected chi connectivity index (χ1v) is 42.9. The van der Waals surface area contributed by atoms with E-state index in [1.165, 1.54) is 50.2 Å².